The summed E-state index contributed by atoms with van der Waals surface area (Å²) in [6, 6.07) is 18.3. The molecule has 6 heteroatoms. The fourth-order valence-electron chi connectivity index (χ4n) is 5.26. The van der Waals surface area contributed by atoms with Gasteiger partial charge in [-0.2, -0.15) is 0 Å². The molecular weight excluding hydrogens is 448 g/mol. The number of nitrogen functional groups attached to an aromatic ring is 1. The van der Waals surface area contributed by atoms with E-state index < -0.39 is 0 Å². The number of nitrogens with two attached hydrogens (primary N) is 1. The topological polar surface area (TPSA) is 73.4 Å². The number of aromatic nitrogens is 2. The molecule has 1 aliphatic carbocycles. The average Bonchev–Trinajstić information content (AvgIpc) is 3.70. The SMILES string of the molecule is Nc1ccc(-c2ccncc2)cc1CC(=O)c1ccc2c(c1)cc(C1CC1)n2CCN1CCOCC1. The molecule has 3 heterocycles. The van der Waals surface area contributed by atoms with Gasteiger partial charge in [-0.25, -0.2) is 0 Å². The van der Waals surface area contributed by atoms with Gasteiger partial charge in [-0.3, -0.25) is 14.7 Å². The fourth-order valence-corrected chi connectivity index (χ4v) is 5.26. The molecule has 0 bridgehead atoms. The van der Waals surface area contributed by atoms with Crippen LogP contribution in [0.1, 0.15) is 40.4 Å². The number of pyridine rings is 1. The highest BCUT2D eigenvalue weighted by atomic mass is 16.5. The third-order valence-corrected chi connectivity index (χ3v) is 7.50. The second-order valence-corrected chi connectivity index (χ2v) is 9.97. The van der Waals surface area contributed by atoms with Crippen LogP contribution in [-0.2, 0) is 17.7 Å². The lowest BCUT2D eigenvalue weighted by Crippen LogP contribution is -2.38. The van der Waals surface area contributed by atoms with E-state index in [4.69, 9.17) is 10.5 Å². The molecule has 6 rings (SSSR count). The van der Waals surface area contributed by atoms with Gasteiger partial charge in [0, 0.05) is 72.8 Å². The number of carbonyl (C=O) groups is 1. The van der Waals surface area contributed by atoms with Crippen molar-refractivity contribution in [1.29, 1.82) is 0 Å². The van der Waals surface area contributed by atoms with Crippen molar-refractivity contribution in [3.8, 4) is 11.1 Å². The lowest BCUT2D eigenvalue weighted by Gasteiger charge is -2.27. The molecule has 2 aromatic carbocycles. The first-order chi connectivity index (χ1) is 17.7. The van der Waals surface area contributed by atoms with Gasteiger partial charge >= 0.3 is 0 Å². The summed E-state index contributed by atoms with van der Waals surface area (Å²) in [5, 5.41) is 1.16. The minimum absolute atomic E-state index is 0.0875. The van der Waals surface area contributed by atoms with Crippen LogP contribution in [0.5, 0.6) is 0 Å². The van der Waals surface area contributed by atoms with E-state index in [0.717, 1.165) is 67.0 Å². The maximum Gasteiger partial charge on any atom is 0.167 e. The van der Waals surface area contributed by atoms with E-state index in [1.165, 1.54) is 24.1 Å². The maximum absolute atomic E-state index is 13.3. The summed E-state index contributed by atoms with van der Waals surface area (Å²) in [5.41, 5.74) is 13.2. The molecule has 0 amide bonds. The first kappa shape index (κ1) is 23.0. The second-order valence-electron chi connectivity index (χ2n) is 9.97. The monoisotopic (exact) mass is 480 g/mol. The Morgan fingerprint density at radius 1 is 0.944 bits per heavy atom. The van der Waals surface area contributed by atoms with Crippen molar-refractivity contribution in [2.45, 2.75) is 31.7 Å². The van der Waals surface area contributed by atoms with Crippen molar-refractivity contribution in [3.63, 3.8) is 0 Å². The van der Waals surface area contributed by atoms with Crippen molar-refractivity contribution < 1.29 is 9.53 Å². The maximum atomic E-state index is 13.3. The summed E-state index contributed by atoms with van der Waals surface area (Å²) in [6.45, 7) is 5.65. The Morgan fingerprint density at radius 2 is 1.75 bits per heavy atom. The lowest BCUT2D eigenvalue weighted by molar-refractivity contribution is 0.0364. The van der Waals surface area contributed by atoms with Crippen LogP contribution in [0.15, 0.2) is 67.0 Å². The molecule has 2 aliphatic rings. The van der Waals surface area contributed by atoms with Gasteiger partial charge in [0.1, 0.15) is 0 Å². The number of hydrogen-bond acceptors (Lipinski definition) is 5. The number of benzene rings is 2. The number of ether oxygens (including phenoxy) is 1. The Kier molecular flexibility index (Phi) is 6.30. The highest BCUT2D eigenvalue weighted by Gasteiger charge is 2.28. The van der Waals surface area contributed by atoms with Gasteiger partial charge < -0.3 is 15.0 Å². The number of hydrogen-bond donors (Lipinski definition) is 1. The number of anilines is 1. The van der Waals surface area contributed by atoms with Gasteiger partial charge in [0.15, 0.2) is 5.78 Å². The van der Waals surface area contributed by atoms with Crippen LogP contribution in [0.4, 0.5) is 5.69 Å². The van der Waals surface area contributed by atoms with Gasteiger partial charge in [-0.05, 0) is 84.0 Å². The van der Waals surface area contributed by atoms with Crippen molar-refractivity contribution in [3.05, 3.63) is 83.8 Å². The number of morpholine rings is 1. The number of Topliss-reactive ketones (excluding diaryl/α,β-unsaturated/α-hetero) is 1. The van der Waals surface area contributed by atoms with E-state index in [0.29, 0.717) is 11.6 Å². The lowest BCUT2D eigenvalue weighted by atomic mass is 9.97. The summed E-state index contributed by atoms with van der Waals surface area (Å²) in [7, 11) is 0. The zero-order valence-corrected chi connectivity index (χ0v) is 20.5. The Morgan fingerprint density at radius 3 is 2.53 bits per heavy atom. The summed E-state index contributed by atoms with van der Waals surface area (Å²) >= 11 is 0. The van der Waals surface area contributed by atoms with Gasteiger partial charge in [0.25, 0.3) is 0 Å². The van der Waals surface area contributed by atoms with Gasteiger partial charge in [-0.1, -0.05) is 6.07 Å². The molecule has 36 heavy (non-hydrogen) atoms. The first-order valence-electron chi connectivity index (χ1n) is 12.9. The van der Waals surface area contributed by atoms with E-state index in [1.807, 2.05) is 36.4 Å². The van der Waals surface area contributed by atoms with Crippen molar-refractivity contribution in [2.24, 2.45) is 0 Å². The van der Waals surface area contributed by atoms with Gasteiger partial charge in [-0.15, -0.1) is 0 Å². The van der Waals surface area contributed by atoms with Crippen molar-refractivity contribution in [1.82, 2.24) is 14.5 Å². The number of fused-ring (bicyclic) bond motifs is 1. The van der Waals surface area contributed by atoms with E-state index in [1.54, 1.807) is 12.4 Å². The first-order valence-corrected chi connectivity index (χ1v) is 12.9. The van der Waals surface area contributed by atoms with E-state index >= 15 is 0 Å². The predicted molar refractivity (Wildman–Crippen MR) is 143 cm³/mol. The number of rotatable bonds is 8. The molecule has 184 valence electrons. The van der Waals surface area contributed by atoms with Crippen LogP contribution >= 0.6 is 0 Å². The molecule has 1 aliphatic heterocycles. The Labute approximate surface area is 211 Å². The molecule has 2 N–H and O–H groups in total. The highest BCUT2D eigenvalue weighted by Crippen LogP contribution is 2.42. The van der Waals surface area contributed by atoms with Gasteiger partial charge in [0.05, 0.1) is 13.2 Å². The Hall–Kier alpha value is -3.48. The third-order valence-electron chi connectivity index (χ3n) is 7.50. The summed E-state index contributed by atoms with van der Waals surface area (Å²) in [5.74, 6) is 0.737. The van der Waals surface area contributed by atoms with E-state index in [2.05, 4.69) is 32.7 Å². The number of nitrogens with zero attached hydrogens (tertiary/aromatic N) is 3. The van der Waals surface area contributed by atoms with Crippen LogP contribution in [0.3, 0.4) is 0 Å². The average molecular weight is 481 g/mol. The molecule has 2 aromatic heterocycles. The summed E-state index contributed by atoms with van der Waals surface area (Å²) in [6.07, 6.45) is 6.34. The van der Waals surface area contributed by atoms with Crippen molar-refractivity contribution in [2.75, 3.05) is 38.6 Å². The molecular formula is C30H32N4O2. The molecule has 0 atom stereocenters. The smallest absolute Gasteiger partial charge is 0.167 e. The zero-order chi connectivity index (χ0) is 24.5. The number of ketones is 1. The van der Waals surface area contributed by atoms with Crippen LogP contribution in [-0.4, -0.2) is 53.1 Å². The van der Waals surface area contributed by atoms with Gasteiger partial charge in [0.2, 0.25) is 0 Å². The van der Waals surface area contributed by atoms with Crippen molar-refractivity contribution >= 4 is 22.4 Å². The normalized spacial score (nSPS) is 16.4. The summed E-state index contributed by atoms with van der Waals surface area (Å²) in [4.78, 5) is 19.9. The quantitative estimate of drug-likeness (QED) is 0.286. The molecule has 6 nitrogen and oxygen atoms in total. The fraction of sp³-hybridized carbons (Fsp3) is 0.333. The van der Waals surface area contributed by atoms with Crippen LogP contribution in [0.25, 0.3) is 22.0 Å². The zero-order valence-electron chi connectivity index (χ0n) is 20.5. The molecule has 1 saturated carbocycles. The molecule has 0 spiro atoms. The summed E-state index contributed by atoms with van der Waals surface area (Å²) < 4.78 is 7.98. The molecule has 0 unspecified atom stereocenters. The minimum atomic E-state index is 0.0875. The standard InChI is InChI=1S/C30H32N4O2/c31-27-5-3-23(21-7-9-32-10-8-21)17-25(27)20-30(35)24-4-6-28-26(18-24)19-29(22-1-2-22)34(28)12-11-33-13-15-36-16-14-33/h3-10,17-19,22H,1-2,11-16,20,31H2. The molecule has 1 saturated heterocycles. The predicted octanol–water partition coefficient (Wildman–Crippen LogP) is 4.92. The van der Waals surface area contributed by atoms with E-state index in [9.17, 15) is 4.79 Å². The second kappa shape index (κ2) is 9.88. The van der Waals surface area contributed by atoms with Crippen LogP contribution in [0, 0.1) is 0 Å². The Bertz CT molecular complexity index is 1390. The number of carbonyl (C=O) groups excluding carboxylic acids is 1. The molecule has 4 aromatic rings. The van der Waals surface area contributed by atoms with E-state index in [-0.39, 0.29) is 12.2 Å². The highest BCUT2D eigenvalue weighted by molar-refractivity contribution is 6.01. The molecule has 0 radical (unpaired) electrons. The van der Waals surface area contributed by atoms with Crippen LogP contribution < -0.4 is 5.73 Å². The van der Waals surface area contributed by atoms with Crippen LogP contribution in [0.2, 0.25) is 0 Å². The third kappa shape index (κ3) is 4.79. The largest absolute Gasteiger partial charge is 0.398 e. The minimum Gasteiger partial charge on any atom is -0.398 e. The Balaban J connectivity index is 1.24. The molecule has 2 fully saturated rings.